The second kappa shape index (κ2) is 15.9. The summed E-state index contributed by atoms with van der Waals surface area (Å²) < 4.78 is 5.04. The number of hydrogen-bond acceptors (Lipinski definition) is 5. The molecule has 0 aromatic carbocycles. The van der Waals surface area contributed by atoms with Crippen molar-refractivity contribution in [3.05, 3.63) is 0 Å². The maximum absolute atomic E-state index is 11.6. The van der Waals surface area contributed by atoms with Gasteiger partial charge in [-0.3, -0.25) is 19.3 Å². The van der Waals surface area contributed by atoms with Gasteiger partial charge in [0.25, 0.3) is 0 Å². The number of carbonyl (C=O) groups excluding carboxylic acids is 1. The highest BCUT2D eigenvalue weighted by atomic mass is 16.5. The van der Waals surface area contributed by atoms with Gasteiger partial charge in [-0.2, -0.15) is 0 Å². The molecule has 0 amide bonds. The van der Waals surface area contributed by atoms with Crippen LogP contribution in [0.15, 0.2) is 0 Å². The molecular weight excluding hydrogens is 326 g/mol. The molecule has 0 aromatic rings. The highest BCUT2D eigenvalue weighted by molar-refractivity contribution is 5.76. The number of aliphatic carboxylic acids is 2. The van der Waals surface area contributed by atoms with Gasteiger partial charge in [0, 0.05) is 0 Å². The molecule has 0 aliphatic rings. The van der Waals surface area contributed by atoms with Gasteiger partial charge in [0.15, 0.2) is 0 Å². The summed E-state index contributed by atoms with van der Waals surface area (Å²) in [5, 5.41) is 17.4. The van der Waals surface area contributed by atoms with Crippen LogP contribution in [0.1, 0.15) is 71.1 Å². The summed E-state index contributed by atoms with van der Waals surface area (Å²) in [6.45, 7) is 1.18. The van der Waals surface area contributed by atoms with Gasteiger partial charge in [0.2, 0.25) is 0 Å². The van der Waals surface area contributed by atoms with Crippen LogP contribution < -0.4 is 0 Å². The van der Waals surface area contributed by atoms with Crippen LogP contribution in [0, 0.1) is 0 Å². The van der Waals surface area contributed by atoms with E-state index in [1.165, 1.54) is 44.9 Å². The number of carbonyl (C=O) groups is 3. The van der Waals surface area contributed by atoms with Crippen LogP contribution in [-0.4, -0.2) is 59.3 Å². The van der Waals surface area contributed by atoms with E-state index in [1.54, 1.807) is 0 Å². The molecule has 2 N–H and O–H groups in total. The summed E-state index contributed by atoms with van der Waals surface area (Å²) in [6.07, 6.45) is 11.9. The Morgan fingerprint density at radius 2 is 1.16 bits per heavy atom. The van der Waals surface area contributed by atoms with Crippen LogP contribution in [0.2, 0.25) is 0 Å². The monoisotopic (exact) mass is 359 g/mol. The van der Waals surface area contributed by atoms with Gasteiger partial charge in [-0.1, -0.05) is 64.7 Å². The van der Waals surface area contributed by atoms with E-state index >= 15 is 0 Å². The molecule has 146 valence electrons. The highest BCUT2D eigenvalue weighted by Crippen LogP contribution is 2.10. The Balaban J connectivity index is 3.61. The van der Waals surface area contributed by atoms with Crippen LogP contribution in [0.25, 0.3) is 0 Å². The lowest BCUT2D eigenvalue weighted by Crippen LogP contribution is -2.38. The molecule has 0 rings (SSSR count). The second-order valence-electron chi connectivity index (χ2n) is 6.34. The first-order chi connectivity index (χ1) is 12.0. The maximum Gasteiger partial charge on any atom is 0.320 e. The van der Waals surface area contributed by atoms with E-state index in [0.29, 0.717) is 6.61 Å². The van der Waals surface area contributed by atoms with Crippen molar-refractivity contribution >= 4 is 17.9 Å². The van der Waals surface area contributed by atoms with Crippen LogP contribution in [0.3, 0.4) is 0 Å². The summed E-state index contributed by atoms with van der Waals surface area (Å²) in [6, 6.07) is 0. The van der Waals surface area contributed by atoms with E-state index in [4.69, 9.17) is 14.9 Å². The van der Waals surface area contributed by atoms with Crippen LogP contribution in [0.5, 0.6) is 0 Å². The number of unbranched alkanes of at least 4 members (excludes halogenated alkanes) is 9. The first-order valence-electron chi connectivity index (χ1n) is 9.27. The summed E-state index contributed by atoms with van der Waals surface area (Å²) >= 11 is 0. The zero-order valence-electron chi connectivity index (χ0n) is 15.4. The summed E-state index contributed by atoms with van der Waals surface area (Å²) in [5.74, 6) is -2.94. The Morgan fingerprint density at radius 1 is 0.720 bits per heavy atom. The Kier molecular flexibility index (Phi) is 14.8. The minimum atomic E-state index is -1.18. The summed E-state index contributed by atoms with van der Waals surface area (Å²) in [5.41, 5.74) is 0. The first kappa shape index (κ1) is 23.4. The molecule has 7 heteroatoms. The molecule has 0 radical (unpaired) electrons. The molecule has 0 unspecified atom stereocenters. The second-order valence-corrected chi connectivity index (χ2v) is 6.34. The molecule has 7 nitrogen and oxygen atoms in total. The highest BCUT2D eigenvalue weighted by Gasteiger charge is 2.17. The predicted molar refractivity (Wildman–Crippen MR) is 94.5 cm³/mol. The number of carboxylic acids is 2. The van der Waals surface area contributed by atoms with Gasteiger partial charge < -0.3 is 14.9 Å². The third-order valence-electron chi connectivity index (χ3n) is 3.83. The lowest BCUT2D eigenvalue weighted by atomic mass is 10.1. The largest absolute Gasteiger partial charge is 0.480 e. The molecule has 0 heterocycles. The van der Waals surface area contributed by atoms with Crippen LogP contribution in [-0.2, 0) is 19.1 Å². The Morgan fingerprint density at radius 3 is 1.60 bits per heavy atom. The minimum absolute atomic E-state index is 0.295. The number of ether oxygens (including phenoxy) is 1. The lowest BCUT2D eigenvalue weighted by Gasteiger charge is -2.16. The lowest BCUT2D eigenvalue weighted by molar-refractivity contribution is -0.148. The van der Waals surface area contributed by atoms with Gasteiger partial charge in [0.1, 0.15) is 0 Å². The molecule has 0 bridgehead atoms. The van der Waals surface area contributed by atoms with E-state index in [2.05, 4.69) is 6.92 Å². The summed E-state index contributed by atoms with van der Waals surface area (Å²) in [7, 11) is 0. The standard InChI is InChI=1S/C18H33NO6/c1-2-3-4-5-6-7-8-9-10-11-12-25-18(24)15-19(13-16(20)21)14-17(22)23/h2-15H2,1H3,(H,20,21)(H,22,23). The first-order valence-corrected chi connectivity index (χ1v) is 9.27. The minimum Gasteiger partial charge on any atom is -0.480 e. The summed E-state index contributed by atoms with van der Waals surface area (Å²) in [4.78, 5) is 34.0. The predicted octanol–water partition coefficient (Wildman–Crippen LogP) is 2.92. The van der Waals surface area contributed by atoms with Crippen molar-refractivity contribution < 1.29 is 29.3 Å². The van der Waals surface area contributed by atoms with Gasteiger partial charge in [-0.25, -0.2) is 0 Å². The van der Waals surface area contributed by atoms with E-state index in [1.807, 2.05) is 0 Å². The maximum atomic E-state index is 11.6. The molecule has 0 saturated carbocycles. The van der Waals surface area contributed by atoms with Crippen molar-refractivity contribution in [2.75, 3.05) is 26.2 Å². The van der Waals surface area contributed by atoms with E-state index in [-0.39, 0.29) is 6.54 Å². The number of rotatable bonds is 17. The number of carboxylic acid groups (broad SMARTS) is 2. The fourth-order valence-corrected chi connectivity index (χ4v) is 2.55. The van der Waals surface area contributed by atoms with Crippen molar-refractivity contribution in [3.8, 4) is 0 Å². The molecule has 25 heavy (non-hydrogen) atoms. The van der Waals surface area contributed by atoms with Crippen LogP contribution >= 0.6 is 0 Å². The Hall–Kier alpha value is -1.63. The van der Waals surface area contributed by atoms with Gasteiger partial charge in [-0.05, 0) is 6.42 Å². The molecule has 0 atom stereocenters. The molecule has 0 saturated heterocycles. The molecular formula is C18H33NO6. The van der Waals surface area contributed by atoms with Crippen molar-refractivity contribution in [3.63, 3.8) is 0 Å². The average Bonchev–Trinajstić information content (AvgIpc) is 2.51. The van der Waals surface area contributed by atoms with Crippen molar-refractivity contribution in [1.82, 2.24) is 4.90 Å². The number of esters is 1. The van der Waals surface area contributed by atoms with Gasteiger partial charge in [0.05, 0.1) is 26.2 Å². The van der Waals surface area contributed by atoms with E-state index in [0.717, 1.165) is 24.2 Å². The van der Waals surface area contributed by atoms with Gasteiger partial charge >= 0.3 is 17.9 Å². The van der Waals surface area contributed by atoms with Crippen molar-refractivity contribution in [2.45, 2.75) is 71.1 Å². The zero-order chi connectivity index (χ0) is 18.9. The normalized spacial score (nSPS) is 10.8. The SMILES string of the molecule is CCCCCCCCCCCCOC(=O)CN(CC(=O)O)CC(=O)O. The topological polar surface area (TPSA) is 104 Å². The fourth-order valence-electron chi connectivity index (χ4n) is 2.55. The van der Waals surface area contributed by atoms with Crippen molar-refractivity contribution in [2.24, 2.45) is 0 Å². The van der Waals surface area contributed by atoms with E-state index in [9.17, 15) is 14.4 Å². The fraction of sp³-hybridized carbons (Fsp3) is 0.833. The molecule has 0 spiro atoms. The van der Waals surface area contributed by atoms with Gasteiger partial charge in [-0.15, -0.1) is 0 Å². The quantitative estimate of drug-likeness (QED) is 0.304. The van der Waals surface area contributed by atoms with Crippen LogP contribution in [0.4, 0.5) is 0 Å². The number of nitrogens with zero attached hydrogens (tertiary/aromatic N) is 1. The number of hydrogen-bond donors (Lipinski definition) is 2. The van der Waals surface area contributed by atoms with Crippen molar-refractivity contribution in [1.29, 1.82) is 0 Å². The smallest absolute Gasteiger partial charge is 0.320 e. The molecule has 0 aliphatic heterocycles. The molecule has 0 aromatic heterocycles. The molecule has 0 aliphatic carbocycles. The third kappa shape index (κ3) is 17.0. The molecule has 0 fully saturated rings. The Labute approximate surface area is 150 Å². The third-order valence-corrected chi connectivity index (χ3v) is 3.83. The Bertz CT molecular complexity index is 370. The van der Waals surface area contributed by atoms with E-state index < -0.39 is 31.0 Å². The average molecular weight is 359 g/mol. The zero-order valence-corrected chi connectivity index (χ0v) is 15.4.